The number of rotatable bonds is 0. The maximum atomic E-state index is 10.0. The van der Waals surface area contributed by atoms with E-state index in [9.17, 15) is 9.59 Å². The van der Waals surface area contributed by atoms with Crippen molar-refractivity contribution in [2.45, 2.75) is 41.5 Å². The predicted octanol–water partition coefficient (Wildman–Crippen LogP) is 7.32. The molecule has 0 radical (unpaired) electrons. The quantitative estimate of drug-likeness (QED) is 0.198. The molecule has 5 heteroatoms. The zero-order chi connectivity index (χ0) is 26.4. The first-order valence-corrected chi connectivity index (χ1v) is 12.0. The van der Waals surface area contributed by atoms with Crippen LogP contribution >= 0.6 is 0 Å². The number of benzene rings is 2. The molecule has 0 saturated heterocycles. The summed E-state index contributed by atoms with van der Waals surface area (Å²) in [6.07, 6.45) is 0. The molecule has 2 N–H and O–H groups in total. The summed E-state index contributed by atoms with van der Waals surface area (Å²) < 4.78 is 0. The van der Waals surface area contributed by atoms with Crippen LogP contribution in [0.15, 0.2) is 84.9 Å². The van der Waals surface area contributed by atoms with E-state index in [2.05, 4.69) is 89.7 Å². The first-order chi connectivity index (χ1) is 15.8. The number of fused-ring (bicyclic) bond motifs is 2. The van der Waals surface area contributed by atoms with Gasteiger partial charge in [0, 0.05) is 0 Å². The van der Waals surface area contributed by atoms with Gasteiger partial charge in [-0.1, -0.05) is 12.1 Å². The Balaban J connectivity index is 0.000000421. The van der Waals surface area contributed by atoms with Crippen LogP contribution in [0, 0.1) is 10.8 Å². The fourth-order valence-electron chi connectivity index (χ4n) is 2.14. The number of hydrogen-bond acceptors (Lipinski definition) is 2. The number of carboxylic acid groups (broad SMARTS) is 2. The second kappa shape index (κ2) is 15.2. The Hall–Kier alpha value is -2.82. The zero-order valence-corrected chi connectivity index (χ0v) is 22.6. The molecule has 4 aromatic carbocycles. The molecule has 0 aliphatic carbocycles. The predicted molar refractivity (Wildman–Crippen MR) is 140 cm³/mol. The van der Waals surface area contributed by atoms with Crippen molar-refractivity contribution in [3.8, 4) is 0 Å². The molecule has 0 aromatic heterocycles. The number of carboxylic acids is 2. The molecule has 0 saturated carbocycles. The maximum Gasteiger partial charge on any atom is -0.0809 e. The van der Waals surface area contributed by atoms with E-state index in [4.69, 9.17) is 10.2 Å². The van der Waals surface area contributed by atoms with Crippen molar-refractivity contribution in [2.75, 3.05) is 0 Å². The Labute approximate surface area is 214 Å². The number of hydrogen-bond donors (Lipinski definition) is 2. The van der Waals surface area contributed by atoms with E-state index in [1.54, 1.807) is 61.5 Å². The third-order valence-electron chi connectivity index (χ3n) is 4.38. The van der Waals surface area contributed by atoms with Crippen LogP contribution < -0.4 is 0 Å². The van der Waals surface area contributed by atoms with E-state index in [0.29, 0.717) is 0 Å². The summed E-state index contributed by atoms with van der Waals surface area (Å²) in [4.78, 5) is 23.3. The van der Waals surface area contributed by atoms with Crippen molar-refractivity contribution in [3.05, 3.63) is 84.9 Å². The molecule has 34 heavy (non-hydrogen) atoms. The molecule has 180 valence electrons. The molecule has 4 nitrogen and oxygen atoms in total. The molecule has 4 aromatic rings. The summed E-state index contributed by atoms with van der Waals surface area (Å²) in [5.74, 6) is -1.51. The molecule has 0 atom stereocenters. The second-order valence-electron chi connectivity index (χ2n) is 9.42. The molecule has 0 amide bonds. The van der Waals surface area contributed by atoms with Crippen LogP contribution in [0.4, 0.5) is 0 Å². The smallest absolute Gasteiger partial charge is 0.0809 e. The summed E-state index contributed by atoms with van der Waals surface area (Å²) in [6, 6.07) is 29.3. The average Bonchev–Trinajstić information content (AvgIpc) is 3.44. The first-order valence-electron chi connectivity index (χ1n) is 10.9. The van der Waals surface area contributed by atoms with Gasteiger partial charge in [0.15, 0.2) is 0 Å². The van der Waals surface area contributed by atoms with Gasteiger partial charge >= 0.3 is 36.7 Å². The fourth-order valence-corrected chi connectivity index (χ4v) is 2.14. The van der Waals surface area contributed by atoms with Crippen LogP contribution in [0.2, 0.25) is 0 Å². The van der Waals surface area contributed by atoms with Gasteiger partial charge in [0.2, 0.25) is 0 Å². The summed E-state index contributed by atoms with van der Waals surface area (Å²) in [5.41, 5.74) is -1.17. The Kier molecular flexibility index (Phi) is 13.9. The third-order valence-corrected chi connectivity index (χ3v) is 4.38. The summed E-state index contributed by atoms with van der Waals surface area (Å²) >= 11 is 1.75. The largest absolute Gasteiger partial charge is 0.168 e. The molecule has 0 aliphatic rings. The molecular formula is C29H36O4Ti. The normalized spacial score (nSPS) is 10.2. The van der Waals surface area contributed by atoms with E-state index >= 15 is 0 Å². The molecule has 0 spiro atoms. The van der Waals surface area contributed by atoms with Crippen LogP contribution in [-0.4, -0.2) is 27.0 Å². The molecule has 0 bridgehead atoms. The van der Waals surface area contributed by atoms with Crippen molar-refractivity contribution >= 4 is 38.3 Å². The minimum absolute atomic E-state index is 0.583. The minimum atomic E-state index is -0.757. The monoisotopic (exact) mass is 496 g/mol. The standard InChI is InChI=1S/2C9H7.2C5H10O2.CH2.Ti/c2*1-2-5-9-7-3-6-8(9)4-1;2*1-5(2,3)4(6)7;;/h2*1-7H;2*1-3H3,(H,6,7);1H2;/q2*-1;;;;+2. The molecule has 0 fully saturated rings. The average molecular weight is 496 g/mol. The Morgan fingerprint density at radius 1 is 0.647 bits per heavy atom. The van der Waals surface area contributed by atoms with Gasteiger partial charge in [-0.15, -0.1) is 59.3 Å². The van der Waals surface area contributed by atoms with Crippen molar-refractivity contribution in [3.63, 3.8) is 0 Å². The molecule has 0 aliphatic heterocycles. The van der Waals surface area contributed by atoms with E-state index in [1.165, 1.54) is 21.5 Å². The van der Waals surface area contributed by atoms with Crippen LogP contribution in [0.1, 0.15) is 41.5 Å². The van der Waals surface area contributed by atoms with Gasteiger partial charge in [0.05, 0.1) is 10.8 Å². The molecule has 0 unspecified atom stereocenters. The topological polar surface area (TPSA) is 74.6 Å². The first kappa shape index (κ1) is 31.2. The molecule has 0 heterocycles. The summed E-state index contributed by atoms with van der Waals surface area (Å²) in [6.45, 7) is 9.97. The molecular weight excluding hydrogens is 460 g/mol. The van der Waals surface area contributed by atoms with Crippen LogP contribution in [0.3, 0.4) is 0 Å². The van der Waals surface area contributed by atoms with Gasteiger partial charge in [0.1, 0.15) is 0 Å². The Morgan fingerprint density at radius 3 is 1.15 bits per heavy atom. The SMILES string of the molecule is CC(C)(C)C(=O)O.CC(C)(C)C(=O)O.[CH2]=[Ti+2].c1ccc2[cH-]ccc2c1.c1ccc2[cH-]ccc2c1. The zero-order valence-electron chi connectivity index (χ0n) is 21.0. The number of aliphatic carboxylic acids is 2. The third kappa shape index (κ3) is 12.4. The van der Waals surface area contributed by atoms with Crippen LogP contribution in [0.25, 0.3) is 21.5 Å². The van der Waals surface area contributed by atoms with Crippen molar-refractivity contribution in [1.29, 1.82) is 0 Å². The van der Waals surface area contributed by atoms with Crippen molar-refractivity contribution in [1.82, 2.24) is 0 Å². The second-order valence-corrected chi connectivity index (χ2v) is 9.42. The Bertz CT molecular complexity index is 974. The minimum Gasteiger partial charge on any atom is -0.168 e. The van der Waals surface area contributed by atoms with Gasteiger partial charge in [-0.05, 0) is 41.5 Å². The van der Waals surface area contributed by atoms with E-state index in [0.717, 1.165) is 0 Å². The Morgan fingerprint density at radius 2 is 0.912 bits per heavy atom. The molecule has 4 rings (SSSR count). The van der Waals surface area contributed by atoms with Crippen molar-refractivity contribution < 1.29 is 39.8 Å². The van der Waals surface area contributed by atoms with Gasteiger partial charge in [-0.25, -0.2) is 0 Å². The van der Waals surface area contributed by atoms with E-state index in [-0.39, 0.29) is 0 Å². The number of carbonyl (C=O) groups is 2. The fraction of sp³-hybridized carbons (Fsp3) is 0.276. The summed E-state index contributed by atoms with van der Waals surface area (Å²) in [7, 11) is 0. The van der Waals surface area contributed by atoms with E-state index in [1.807, 2.05) is 0 Å². The van der Waals surface area contributed by atoms with Gasteiger partial charge < -0.3 is 10.2 Å². The van der Waals surface area contributed by atoms with Crippen LogP contribution in [0.5, 0.6) is 0 Å². The van der Waals surface area contributed by atoms with E-state index < -0.39 is 22.8 Å². The van der Waals surface area contributed by atoms with Gasteiger partial charge in [-0.3, -0.25) is 9.59 Å². The maximum absolute atomic E-state index is 10.0. The van der Waals surface area contributed by atoms with Gasteiger partial charge in [0.25, 0.3) is 0 Å². The summed E-state index contributed by atoms with van der Waals surface area (Å²) in [5, 5.41) is 21.8. The van der Waals surface area contributed by atoms with Crippen LogP contribution in [-0.2, 0) is 29.6 Å². The van der Waals surface area contributed by atoms with Gasteiger partial charge in [-0.2, -0.15) is 35.0 Å². The van der Waals surface area contributed by atoms with Crippen molar-refractivity contribution in [2.24, 2.45) is 10.8 Å².